The standard InChI is InChI=1S/C9H12.BH3O2/c1-7-5-4-6-8(2)9(7)3;2-1-3/h4-6H,1-3H3;1-3H. The van der Waals surface area contributed by atoms with Crippen molar-refractivity contribution in [3.05, 3.63) is 34.9 Å². The highest BCUT2D eigenvalue weighted by atomic mass is 16.4. The van der Waals surface area contributed by atoms with Gasteiger partial charge in [-0.25, -0.2) is 0 Å². The van der Waals surface area contributed by atoms with E-state index in [-0.39, 0.29) is 0 Å². The fourth-order valence-electron chi connectivity index (χ4n) is 0.898. The molecule has 1 aromatic rings. The van der Waals surface area contributed by atoms with Gasteiger partial charge in [0.2, 0.25) is 0 Å². The molecule has 0 heterocycles. The molecule has 0 atom stereocenters. The first-order valence-corrected chi connectivity index (χ1v) is 3.88. The summed E-state index contributed by atoms with van der Waals surface area (Å²) in [5, 5.41) is 14.2. The topological polar surface area (TPSA) is 40.5 Å². The van der Waals surface area contributed by atoms with E-state index in [4.69, 9.17) is 10.0 Å². The zero-order valence-corrected chi connectivity index (χ0v) is 7.83. The van der Waals surface area contributed by atoms with Gasteiger partial charge in [0.05, 0.1) is 0 Å². The summed E-state index contributed by atoms with van der Waals surface area (Å²) in [4.78, 5) is 0. The molecule has 0 unspecified atom stereocenters. The van der Waals surface area contributed by atoms with Crippen LogP contribution in [-0.4, -0.2) is 17.7 Å². The summed E-state index contributed by atoms with van der Waals surface area (Å²) in [6, 6.07) is 6.38. The van der Waals surface area contributed by atoms with Crippen LogP contribution in [0, 0.1) is 20.8 Å². The Hall–Kier alpha value is -0.795. The second kappa shape index (κ2) is 5.80. The van der Waals surface area contributed by atoms with E-state index in [1.165, 1.54) is 16.7 Å². The molecule has 12 heavy (non-hydrogen) atoms. The van der Waals surface area contributed by atoms with E-state index >= 15 is 0 Å². The van der Waals surface area contributed by atoms with Crippen molar-refractivity contribution in [2.45, 2.75) is 20.8 Å². The second-order valence-corrected chi connectivity index (χ2v) is 2.66. The van der Waals surface area contributed by atoms with Crippen molar-refractivity contribution in [3.8, 4) is 0 Å². The number of aryl methyl sites for hydroxylation is 2. The molecule has 0 spiro atoms. The van der Waals surface area contributed by atoms with Gasteiger partial charge in [0, 0.05) is 0 Å². The highest BCUT2D eigenvalue weighted by Crippen LogP contribution is 2.09. The van der Waals surface area contributed by atoms with Gasteiger partial charge in [-0.3, -0.25) is 0 Å². The van der Waals surface area contributed by atoms with Gasteiger partial charge < -0.3 is 10.0 Å². The maximum atomic E-state index is 7.12. The van der Waals surface area contributed by atoms with Crippen molar-refractivity contribution in [1.82, 2.24) is 0 Å². The molecular formula is C9H15BO2. The van der Waals surface area contributed by atoms with Gasteiger partial charge in [0.1, 0.15) is 0 Å². The summed E-state index contributed by atoms with van der Waals surface area (Å²) in [7, 11) is -0.750. The van der Waals surface area contributed by atoms with E-state index in [1.807, 2.05) is 0 Å². The number of hydrogen-bond acceptors (Lipinski definition) is 2. The first-order chi connectivity index (χ1) is 5.63. The molecule has 0 saturated carbocycles. The van der Waals surface area contributed by atoms with Crippen molar-refractivity contribution in [1.29, 1.82) is 0 Å². The smallest absolute Gasteiger partial charge is 0.430 e. The third kappa shape index (κ3) is 3.55. The predicted molar refractivity (Wildman–Crippen MR) is 52.2 cm³/mol. The largest absolute Gasteiger partial charge is 0.432 e. The quantitative estimate of drug-likeness (QED) is 0.561. The predicted octanol–water partition coefficient (Wildman–Crippen LogP) is 0.849. The van der Waals surface area contributed by atoms with Gasteiger partial charge in [-0.15, -0.1) is 0 Å². The third-order valence-corrected chi connectivity index (χ3v) is 1.88. The fourth-order valence-corrected chi connectivity index (χ4v) is 0.898. The number of hydrogen-bond donors (Lipinski definition) is 2. The van der Waals surface area contributed by atoms with Gasteiger partial charge >= 0.3 is 7.69 Å². The summed E-state index contributed by atoms with van der Waals surface area (Å²) in [6.07, 6.45) is 0. The molecule has 0 aliphatic heterocycles. The molecule has 2 N–H and O–H groups in total. The van der Waals surface area contributed by atoms with Crippen LogP contribution in [0.2, 0.25) is 0 Å². The molecule has 1 aromatic carbocycles. The Kier molecular flexibility index (Phi) is 5.42. The molecule has 3 heteroatoms. The lowest BCUT2D eigenvalue weighted by molar-refractivity contribution is 0.448. The molecule has 1 rings (SSSR count). The highest BCUT2D eigenvalue weighted by Gasteiger charge is 1.91. The monoisotopic (exact) mass is 166 g/mol. The van der Waals surface area contributed by atoms with Crippen molar-refractivity contribution >= 4 is 7.69 Å². The van der Waals surface area contributed by atoms with Crippen LogP contribution in [0.3, 0.4) is 0 Å². The van der Waals surface area contributed by atoms with E-state index in [9.17, 15) is 0 Å². The average molecular weight is 166 g/mol. The molecular weight excluding hydrogens is 151 g/mol. The normalized spacial score (nSPS) is 8.42. The van der Waals surface area contributed by atoms with E-state index in [1.54, 1.807) is 0 Å². The van der Waals surface area contributed by atoms with Crippen LogP contribution in [0.25, 0.3) is 0 Å². The van der Waals surface area contributed by atoms with Crippen LogP contribution in [0.5, 0.6) is 0 Å². The van der Waals surface area contributed by atoms with Crippen LogP contribution < -0.4 is 0 Å². The molecule has 66 valence electrons. The lowest BCUT2D eigenvalue weighted by Gasteiger charge is -2.00. The molecule has 0 fully saturated rings. The fraction of sp³-hybridized carbons (Fsp3) is 0.333. The Morgan fingerprint density at radius 1 is 1.00 bits per heavy atom. The van der Waals surface area contributed by atoms with Crippen LogP contribution in [-0.2, 0) is 0 Å². The summed E-state index contributed by atoms with van der Waals surface area (Å²) >= 11 is 0. The Balaban J connectivity index is 0.000000354. The molecule has 0 aromatic heterocycles. The average Bonchev–Trinajstić information content (AvgIpc) is 2.02. The number of rotatable bonds is 0. The minimum atomic E-state index is -0.750. The zero-order chi connectivity index (χ0) is 9.56. The van der Waals surface area contributed by atoms with E-state index < -0.39 is 7.69 Å². The molecule has 0 bridgehead atoms. The van der Waals surface area contributed by atoms with E-state index in [2.05, 4.69) is 39.0 Å². The highest BCUT2D eigenvalue weighted by molar-refractivity contribution is 6.13. The Bertz CT molecular complexity index is 216. The molecule has 0 aliphatic carbocycles. The lowest BCUT2D eigenvalue weighted by Crippen LogP contribution is -1.82. The van der Waals surface area contributed by atoms with Crippen LogP contribution in [0.4, 0.5) is 0 Å². The summed E-state index contributed by atoms with van der Waals surface area (Å²) in [6.45, 7) is 6.44. The maximum Gasteiger partial charge on any atom is 0.432 e. The Labute approximate surface area is 74.2 Å². The Morgan fingerprint density at radius 3 is 1.58 bits per heavy atom. The van der Waals surface area contributed by atoms with Gasteiger partial charge in [0.25, 0.3) is 0 Å². The molecule has 0 saturated heterocycles. The van der Waals surface area contributed by atoms with Crippen molar-refractivity contribution in [3.63, 3.8) is 0 Å². The van der Waals surface area contributed by atoms with E-state index in [0.717, 1.165) is 0 Å². The van der Waals surface area contributed by atoms with Crippen molar-refractivity contribution < 1.29 is 10.0 Å². The molecule has 0 amide bonds. The Morgan fingerprint density at radius 2 is 1.33 bits per heavy atom. The SMILES string of the molecule is Cc1cccc(C)c1C.OBO. The third-order valence-electron chi connectivity index (χ3n) is 1.88. The van der Waals surface area contributed by atoms with Crippen LogP contribution in [0.15, 0.2) is 18.2 Å². The summed E-state index contributed by atoms with van der Waals surface area (Å²) in [5.74, 6) is 0. The summed E-state index contributed by atoms with van der Waals surface area (Å²) in [5.41, 5.74) is 4.18. The maximum absolute atomic E-state index is 7.12. The first-order valence-electron chi connectivity index (χ1n) is 3.88. The molecule has 2 nitrogen and oxygen atoms in total. The lowest BCUT2D eigenvalue weighted by atomic mass is 10.1. The minimum absolute atomic E-state index is 0.750. The first kappa shape index (κ1) is 11.2. The van der Waals surface area contributed by atoms with Crippen LogP contribution >= 0.6 is 0 Å². The number of benzene rings is 1. The second-order valence-electron chi connectivity index (χ2n) is 2.66. The zero-order valence-electron chi connectivity index (χ0n) is 7.83. The van der Waals surface area contributed by atoms with Gasteiger partial charge in [0.15, 0.2) is 0 Å². The van der Waals surface area contributed by atoms with Gasteiger partial charge in [-0.05, 0) is 37.5 Å². The van der Waals surface area contributed by atoms with Crippen LogP contribution in [0.1, 0.15) is 16.7 Å². The van der Waals surface area contributed by atoms with Crippen molar-refractivity contribution in [2.24, 2.45) is 0 Å². The van der Waals surface area contributed by atoms with Crippen molar-refractivity contribution in [2.75, 3.05) is 0 Å². The van der Waals surface area contributed by atoms with Gasteiger partial charge in [-0.2, -0.15) is 0 Å². The van der Waals surface area contributed by atoms with Gasteiger partial charge in [-0.1, -0.05) is 18.2 Å². The van der Waals surface area contributed by atoms with E-state index in [0.29, 0.717) is 0 Å². The molecule has 0 radical (unpaired) electrons. The minimum Gasteiger partial charge on any atom is -0.430 e. The summed E-state index contributed by atoms with van der Waals surface area (Å²) < 4.78 is 0. The molecule has 0 aliphatic rings.